The monoisotopic (exact) mass is 947 g/mol. The van der Waals surface area contributed by atoms with Crippen LogP contribution in [0, 0.1) is 5.92 Å². The maximum atomic E-state index is 12.9. The number of ether oxygens (including phenoxy) is 3. The summed E-state index contributed by atoms with van der Waals surface area (Å²) < 4.78 is 16.9. The van der Waals surface area contributed by atoms with Gasteiger partial charge in [0.05, 0.1) is 0 Å². The number of carbonyl (C=O) groups excluding carboxylic acids is 3. The fourth-order valence-electron chi connectivity index (χ4n) is 9.42. The molecule has 0 aliphatic carbocycles. The first-order valence-electron chi connectivity index (χ1n) is 30.4. The third kappa shape index (κ3) is 53.6. The maximum absolute atomic E-state index is 12.9. The van der Waals surface area contributed by atoms with E-state index in [4.69, 9.17) is 14.2 Å². The molecule has 0 radical (unpaired) electrons. The van der Waals surface area contributed by atoms with Crippen LogP contribution in [-0.4, -0.2) is 37.2 Å². The Morgan fingerprint density at radius 1 is 0.299 bits per heavy atom. The molecule has 0 aromatic rings. The molecule has 0 amide bonds. The molecule has 0 heterocycles. The van der Waals surface area contributed by atoms with Gasteiger partial charge in [-0.25, -0.2) is 0 Å². The lowest BCUT2D eigenvalue weighted by Gasteiger charge is -2.18. The number of carbonyl (C=O) groups is 3. The predicted octanol–water partition coefficient (Wildman–Crippen LogP) is 20.2. The van der Waals surface area contributed by atoms with Crippen LogP contribution in [0.4, 0.5) is 0 Å². The Hall–Kier alpha value is -1.59. The fourth-order valence-corrected chi connectivity index (χ4v) is 9.42. The number of unbranched alkanes of at least 4 members (excludes halogenated alkanes) is 42. The Morgan fingerprint density at radius 2 is 0.522 bits per heavy atom. The van der Waals surface area contributed by atoms with E-state index in [2.05, 4.69) is 27.7 Å². The zero-order chi connectivity index (χ0) is 48.8. The number of hydrogen-bond donors (Lipinski definition) is 0. The number of rotatable bonds is 56. The summed E-state index contributed by atoms with van der Waals surface area (Å²) in [6, 6.07) is 0. The summed E-state index contributed by atoms with van der Waals surface area (Å²) in [5, 5.41) is 0. The molecule has 67 heavy (non-hydrogen) atoms. The summed E-state index contributed by atoms with van der Waals surface area (Å²) in [7, 11) is 0. The van der Waals surface area contributed by atoms with Crippen LogP contribution in [0.5, 0.6) is 0 Å². The number of esters is 3. The molecule has 0 spiro atoms. The molecule has 0 saturated heterocycles. The Kier molecular flexibility index (Phi) is 54.0. The van der Waals surface area contributed by atoms with Crippen molar-refractivity contribution in [2.75, 3.05) is 13.2 Å². The number of hydrogen-bond acceptors (Lipinski definition) is 6. The average Bonchev–Trinajstić information content (AvgIpc) is 3.33. The normalized spacial score (nSPS) is 12.4. The average molecular weight is 948 g/mol. The molecule has 0 N–H and O–H groups in total. The van der Waals surface area contributed by atoms with Gasteiger partial charge in [0.1, 0.15) is 13.2 Å². The molecule has 2 atom stereocenters. The van der Waals surface area contributed by atoms with E-state index in [0.717, 1.165) is 63.7 Å². The van der Waals surface area contributed by atoms with Crippen LogP contribution in [0.15, 0.2) is 0 Å². The van der Waals surface area contributed by atoms with E-state index in [9.17, 15) is 14.4 Å². The minimum atomic E-state index is -0.762. The second kappa shape index (κ2) is 55.3. The first-order valence-corrected chi connectivity index (χ1v) is 30.4. The van der Waals surface area contributed by atoms with Crippen LogP contribution in [0.3, 0.4) is 0 Å². The van der Waals surface area contributed by atoms with Crippen molar-refractivity contribution in [3.05, 3.63) is 0 Å². The molecular formula is C61H118O6. The summed E-state index contributed by atoms with van der Waals surface area (Å²) in [5.74, 6) is 0.0372. The molecule has 0 fully saturated rings. The fraction of sp³-hybridized carbons (Fsp3) is 0.951. The largest absolute Gasteiger partial charge is 0.462 e. The molecule has 1 unspecified atom stereocenters. The van der Waals surface area contributed by atoms with Crippen molar-refractivity contribution in [1.82, 2.24) is 0 Å². The summed E-state index contributed by atoms with van der Waals surface area (Å²) in [5.41, 5.74) is 0. The maximum Gasteiger partial charge on any atom is 0.306 e. The van der Waals surface area contributed by atoms with Crippen LogP contribution < -0.4 is 0 Å². The molecule has 0 aromatic carbocycles. The predicted molar refractivity (Wildman–Crippen MR) is 289 cm³/mol. The van der Waals surface area contributed by atoms with Crippen LogP contribution in [0.1, 0.15) is 349 Å². The Bertz CT molecular complexity index is 1010. The van der Waals surface area contributed by atoms with Gasteiger partial charge in [0, 0.05) is 19.3 Å². The molecule has 0 rings (SSSR count). The molecular weight excluding hydrogens is 829 g/mol. The van der Waals surface area contributed by atoms with Gasteiger partial charge in [-0.15, -0.1) is 0 Å². The molecule has 0 aromatic heterocycles. The molecule has 0 aliphatic heterocycles. The van der Waals surface area contributed by atoms with Gasteiger partial charge in [-0.3, -0.25) is 14.4 Å². The van der Waals surface area contributed by atoms with Gasteiger partial charge < -0.3 is 14.2 Å². The van der Waals surface area contributed by atoms with Crippen molar-refractivity contribution < 1.29 is 28.6 Å². The van der Waals surface area contributed by atoms with Crippen molar-refractivity contribution in [3.8, 4) is 0 Å². The van der Waals surface area contributed by atoms with Crippen molar-refractivity contribution in [2.24, 2.45) is 5.92 Å². The van der Waals surface area contributed by atoms with Crippen molar-refractivity contribution in [3.63, 3.8) is 0 Å². The van der Waals surface area contributed by atoms with E-state index in [1.54, 1.807) is 0 Å². The van der Waals surface area contributed by atoms with Crippen LogP contribution >= 0.6 is 0 Å². The first kappa shape index (κ1) is 65.4. The lowest BCUT2D eigenvalue weighted by molar-refractivity contribution is -0.167. The summed E-state index contributed by atoms with van der Waals surface area (Å²) >= 11 is 0. The van der Waals surface area contributed by atoms with E-state index < -0.39 is 6.10 Å². The third-order valence-corrected chi connectivity index (χ3v) is 14.4. The lowest BCUT2D eigenvalue weighted by atomic mass is 9.99. The van der Waals surface area contributed by atoms with Crippen molar-refractivity contribution in [2.45, 2.75) is 355 Å². The summed E-state index contributed by atoms with van der Waals surface area (Å²) in [4.78, 5) is 38.2. The molecule has 0 bridgehead atoms. The van der Waals surface area contributed by atoms with Crippen LogP contribution in [0.25, 0.3) is 0 Å². The zero-order valence-electron chi connectivity index (χ0n) is 45.9. The van der Waals surface area contributed by atoms with Gasteiger partial charge >= 0.3 is 17.9 Å². The Balaban J connectivity index is 4.29. The highest BCUT2D eigenvalue weighted by Gasteiger charge is 2.19. The van der Waals surface area contributed by atoms with Gasteiger partial charge in [0.25, 0.3) is 0 Å². The van der Waals surface area contributed by atoms with E-state index in [0.29, 0.717) is 19.3 Å². The second-order valence-corrected chi connectivity index (χ2v) is 21.2. The zero-order valence-corrected chi connectivity index (χ0v) is 45.9. The SMILES string of the molecule is CCCCCCCCCCCCCCCCCCCCC(=O)OC[C@H](COC(=O)CCCCCCCCCCCCC(C)CC)OC(=O)CCCCCCCCCCCCCCCCCCC. The van der Waals surface area contributed by atoms with E-state index >= 15 is 0 Å². The van der Waals surface area contributed by atoms with E-state index in [1.165, 1.54) is 244 Å². The Morgan fingerprint density at radius 3 is 0.776 bits per heavy atom. The highest BCUT2D eigenvalue weighted by molar-refractivity contribution is 5.71. The van der Waals surface area contributed by atoms with Crippen LogP contribution in [-0.2, 0) is 28.6 Å². The van der Waals surface area contributed by atoms with Crippen molar-refractivity contribution in [1.29, 1.82) is 0 Å². The van der Waals surface area contributed by atoms with Gasteiger partial charge in [-0.1, -0.05) is 310 Å². The molecule has 6 nitrogen and oxygen atoms in total. The molecule has 0 aliphatic rings. The third-order valence-electron chi connectivity index (χ3n) is 14.4. The highest BCUT2D eigenvalue weighted by atomic mass is 16.6. The van der Waals surface area contributed by atoms with E-state index in [-0.39, 0.29) is 31.1 Å². The first-order chi connectivity index (χ1) is 32.9. The summed E-state index contributed by atoms with van der Waals surface area (Å²) in [6.07, 6.45) is 60.9. The summed E-state index contributed by atoms with van der Waals surface area (Å²) in [6.45, 7) is 9.09. The van der Waals surface area contributed by atoms with Gasteiger partial charge in [-0.2, -0.15) is 0 Å². The minimum absolute atomic E-state index is 0.0617. The van der Waals surface area contributed by atoms with Crippen LogP contribution in [0.2, 0.25) is 0 Å². The van der Waals surface area contributed by atoms with Gasteiger partial charge in [0.2, 0.25) is 0 Å². The highest BCUT2D eigenvalue weighted by Crippen LogP contribution is 2.19. The standard InChI is InChI=1S/C61H118O6/c1-5-8-10-12-14-16-18-20-22-24-26-27-29-31-36-40-44-48-52-59(62)65-55-58(56-66-60(63)53-49-45-41-37-34-33-35-39-43-47-51-57(4)7-3)67-61(64)54-50-46-42-38-32-30-28-25-23-21-19-17-15-13-11-9-6-2/h57-58H,5-56H2,1-4H3/t57?,58-/m1/s1. The quantitative estimate of drug-likeness (QED) is 0.0343. The van der Waals surface area contributed by atoms with E-state index in [1.807, 2.05) is 0 Å². The topological polar surface area (TPSA) is 78.9 Å². The van der Waals surface area contributed by atoms with Crippen molar-refractivity contribution >= 4 is 17.9 Å². The van der Waals surface area contributed by atoms with Gasteiger partial charge in [0.15, 0.2) is 6.10 Å². The lowest BCUT2D eigenvalue weighted by Crippen LogP contribution is -2.30. The minimum Gasteiger partial charge on any atom is -0.462 e. The Labute approximate surface area is 418 Å². The second-order valence-electron chi connectivity index (χ2n) is 21.2. The smallest absolute Gasteiger partial charge is 0.306 e. The molecule has 0 saturated carbocycles. The van der Waals surface area contributed by atoms with Gasteiger partial charge in [-0.05, 0) is 25.2 Å². The molecule has 398 valence electrons. The molecule has 6 heteroatoms.